The van der Waals surface area contributed by atoms with E-state index in [-0.39, 0.29) is 0 Å². The van der Waals surface area contributed by atoms with Crippen molar-refractivity contribution in [1.29, 1.82) is 0 Å². The highest BCUT2D eigenvalue weighted by Gasteiger charge is 2.31. The van der Waals surface area contributed by atoms with E-state index in [4.69, 9.17) is 5.73 Å². The smallest absolute Gasteiger partial charge is 0.0222 e. The minimum Gasteiger partial charge on any atom is -0.326 e. The Hall–Kier alpha value is -0.120. The highest BCUT2D eigenvalue weighted by atomic mass is 15.2. The van der Waals surface area contributed by atoms with Crippen molar-refractivity contribution >= 4 is 0 Å². The fourth-order valence-electron chi connectivity index (χ4n) is 2.55. The molecule has 2 fully saturated rings. The fraction of sp³-hybridized carbons (Fsp3) is 1.00. The van der Waals surface area contributed by atoms with Crippen molar-refractivity contribution in [3.8, 4) is 0 Å². The average molecular weight is 197 g/mol. The molecule has 3 N–H and O–H groups in total. The zero-order chi connectivity index (χ0) is 9.97. The molecule has 82 valence electrons. The van der Waals surface area contributed by atoms with Gasteiger partial charge in [-0.1, -0.05) is 6.42 Å². The molecule has 0 spiro atoms. The minimum atomic E-state index is 0.404. The van der Waals surface area contributed by atoms with Crippen molar-refractivity contribution in [2.24, 2.45) is 11.7 Å². The summed E-state index contributed by atoms with van der Waals surface area (Å²) in [5, 5.41) is 3.38. The van der Waals surface area contributed by atoms with Crippen molar-refractivity contribution in [3.05, 3.63) is 0 Å². The van der Waals surface area contributed by atoms with Crippen molar-refractivity contribution in [1.82, 2.24) is 10.2 Å². The van der Waals surface area contributed by atoms with E-state index in [1.807, 2.05) is 0 Å². The van der Waals surface area contributed by atoms with Crippen LogP contribution in [0, 0.1) is 5.92 Å². The molecule has 0 aromatic rings. The fourth-order valence-corrected chi connectivity index (χ4v) is 2.55. The summed E-state index contributed by atoms with van der Waals surface area (Å²) in [5.41, 5.74) is 6.29. The Balaban J connectivity index is 1.82. The molecular formula is C11H23N3. The summed E-state index contributed by atoms with van der Waals surface area (Å²) in [6, 6.07) is 0.976. The molecule has 1 heterocycles. The van der Waals surface area contributed by atoms with Gasteiger partial charge in [-0.15, -0.1) is 0 Å². The summed E-state index contributed by atoms with van der Waals surface area (Å²) in [6.45, 7) is 6.89. The predicted molar refractivity (Wildman–Crippen MR) is 59.2 cm³/mol. The Kier molecular flexibility index (Phi) is 3.42. The topological polar surface area (TPSA) is 41.3 Å². The highest BCUT2D eigenvalue weighted by Crippen LogP contribution is 2.30. The molecule has 2 rings (SSSR count). The second-order valence-electron chi connectivity index (χ2n) is 4.79. The monoisotopic (exact) mass is 197 g/mol. The van der Waals surface area contributed by atoms with Gasteiger partial charge < -0.3 is 11.1 Å². The molecule has 1 aliphatic heterocycles. The van der Waals surface area contributed by atoms with Crippen LogP contribution < -0.4 is 11.1 Å². The highest BCUT2D eigenvalue weighted by molar-refractivity contribution is 4.89. The van der Waals surface area contributed by atoms with Gasteiger partial charge in [0.1, 0.15) is 0 Å². The van der Waals surface area contributed by atoms with Crippen LogP contribution in [0.25, 0.3) is 0 Å². The summed E-state index contributed by atoms with van der Waals surface area (Å²) in [4.78, 5) is 2.54. The van der Waals surface area contributed by atoms with Crippen molar-refractivity contribution in [2.45, 2.75) is 38.3 Å². The number of nitrogens with zero attached hydrogens (tertiary/aromatic N) is 1. The van der Waals surface area contributed by atoms with Crippen molar-refractivity contribution < 1.29 is 0 Å². The molecule has 0 radical (unpaired) electrons. The van der Waals surface area contributed by atoms with E-state index in [2.05, 4.69) is 17.1 Å². The second-order valence-corrected chi connectivity index (χ2v) is 4.79. The first kappa shape index (κ1) is 10.4. The maximum atomic E-state index is 6.29. The molecule has 0 aromatic heterocycles. The van der Waals surface area contributed by atoms with Gasteiger partial charge in [-0.05, 0) is 25.7 Å². The van der Waals surface area contributed by atoms with Gasteiger partial charge in [0.2, 0.25) is 0 Å². The minimum absolute atomic E-state index is 0.404. The molecule has 1 saturated carbocycles. The van der Waals surface area contributed by atoms with Gasteiger partial charge in [0.15, 0.2) is 0 Å². The van der Waals surface area contributed by atoms with Gasteiger partial charge in [0, 0.05) is 38.3 Å². The molecule has 1 aliphatic carbocycles. The number of piperazine rings is 1. The van der Waals surface area contributed by atoms with E-state index in [1.165, 1.54) is 32.4 Å². The van der Waals surface area contributed by atoms with E-state index in [1.54, 1.807) is 0 Å². The first-order valence-electron chi connectivity index (χ1n) is 5.99. The zero-order valence-corrected chi connectivity index (χ0v) is 9.21. The van der Waals surface area contributed by atoms with Crippen molar-refractivity contribution in [2.75, 3.05) is 26.2 Å². The van der Waals surface area contributed by atoms with Gasteiger partial charge in [0.05, 0.1) is 0 Å². The van der Waals surface area contributed by atoms with Crippen LogP contribution in [0.2, 0.25) is 0 Å². The molecule has 2 aliphatic rings. The Morgan fingerprint density at radius 1 is 1.29 bits per heavy atom. The van der Waals surface area contributed by atoms with Crippen LogP contribution in [0.15, 0.2) is 0 Å². The number of rotatable bonds is 3. The van der Waals surface area contributed by atoms with Gasteiger partial charge in [-0.3, -0.25) is 4.90 Å². The number of hydrogen-bond acceptors (Lipinski definition) is 3. The first-order valence-corrected chi connectivity index (χ1v) is 5.99. The molecule has 1 saturated heterocycles. The Bertz CT molecular complexity index is 171. The summed E-state index contributed by atoms with van der Waals surface area (Å²) in [7, 11) is 0. The van der Waals surface area contributed by atoms with Crippen LogP contribution in [0.5, 0.6) is 0 Å². The van der Waals surface area contributed by atoms with Crippen molar-refractivity contribution in [3.63, 3.8) is 0 Å². The molecule has 3 heteroatoms. The molecule has 3 nitrogen and oxygen atoms in total. The summed E-state index contributed by atoms with van der Waals surface area (Å²) >= 11 is 0. The summed E-state index contributed by atoms with van der Waals surface area (Å²) in [6.07, 6.45) is 4.11. The first-order chi connectivity index (χ1) is 6.79. The van der Waals surface area contributed by atoms with E-state index < -0.39 is 0 Å². The quantitative estimate of drug-likeness (QED) is 0.688. The van der Waals surface area contributed by atoms with Crippen LogP contribution in [0.3, 0.4) is 0 Å². The lowest BCUT2D eigenvalue weighted by molar-refractivity contribution is 0.116. The molecule has 0 bridgehead atoms. The molecule has 14 heavy (non-hydrogen) atoms. The van der Waals surface area contributed by atoms with E-state index in [0.29, 0.717) is 12.1 Å². The molecular weight excluding hydrogens is 174 g/mol. The van der Waals surface area contributed by atoms with Crippen LogP contribution in [0.4, 0.5) is 0 Å². The predicted octanol–water partition coefficient (Wildman–Crippen LogP) is 0.408. The third-order valence-corrected chi connectivity index (χ3v) is 3.98. The molecule has 2 atom stereocenters. The Morgan fingerprint density at radius 3 is 2.43 bits per heavy atom. The SMILES string of the molecule is CC(C(N)C1CCC1)N1CCNCC1. The molecule has 0 amide bonds. The Labute approximate surface area is 87.0 Å². The zero-order valence-electron chi connectivity index (χ0n) is 9.21. The van der Waals surface area contributed by atoms with Crippen LogP contribution >= 0.6 is 0 Å². The molecule has 0 aromatic carbocycles. The van der Waals surface area contributed by atoms with E-state index in [0.717, 1.165) is 19.0 Å². The number of hydrogen-bond donors (Lipinski definition) is 2. The third-order valence-electron chi connectivity index (χ3n) is 3.98. The normalized spacial score (nSPS) is 29.6. The maximum Gasteiger partial charge on any atom is 0.0222 e. The third kappa shape index (κ3) is 2.10. The van der Waals surface area contributed by atoms with E-state index in [9.17, 15) is 0 Å². The van der Waals surface area contributed by atoms with Gasteiger partial charge >= 0.3 is 0 Å². The standard InChI is InChI=1S/C11H23N3/c1-9(11(12)10-3-2-4-10)14-7-5-13-6-8-14/h9-11,13H,2-8,12H2,1H3. The van der Waals surface area contributed by atoms with Gasteiger partial charge in [0.25, 0.3) is 0 Å². The Morgan fingerprint density at radius 2 is 1.93 bits per heavy atom. The van der Waals surface area contributed by atoms with Crippen LogP contribution in [-0.4, -0.2) is 43.2 Å². The van der Waals surface area contributed by atoms with E-state index >= 15 is 0 Å². The lowest BCUT2D eigenvalue weighted by atomic mass is 9.77. The lowest BCUT2D eigenvalue weighted by Crippen LogP contribution is -2.56. The number of nitrogens with two attached hydrogens (primary N) is 1. The van der Waals surface area contributed by atoms with Crippen LogP contribution in [-0.2, 0) is 0 Å². The second kappa shape index (κ2) is 4.60. The number of nitrogens with one attached hydrogen (secondary N) is 1. The lowest BCUT2D eigenvalue weighted by Gasteiger charge is -2.41. The maximum absolute atomic E-state index is 6.29. The van der Waals surface area contributed by atoms with Crippen LogP contribution in [0.1, 0.15) is 26.2 Å². The molecule has 2 unspecified atom stereocenters. The van der Waals surface area contributed by atoms with Gasteiger partial charge in [-0.25, -0.2) is 0 Å². The largest absolute Gasteiger partial charge is 0.326 e. The average Bonchev–Trinajstić information content (AvgIpc) is 2.15. The summed E-state index contributed by atoms with van der Waals surface area (Å²) < 4.78 is 0. The van der Waals surface area contributed by atoms with Gasteiger partial charge in [-0.2, -0.15) is 0 Å². The summed E-state index contributed by atoms with van der Waals surface area (Å²) in [5.74, 6) is 0.805.